The summed E-state index contributed by atoms with van der Waals surface area (Å²) in [6, 6.07) is 19.9. The van der Waals surface area contributed by atoms with Gasteiger partial charge in [-0.3, -0.25) is 14.2 Å². The van der Waals surface area contributed by atoms with Crippen LogP contribution in [0.25, 0.3) is 15.9 Å². The minimum atomic E-state index is -0.396. The van der Waals surface area contributed by atoms with Crippen LogP contribution >= 0.6 is 62.2 Å². The lowest BCUT2D eigenvalue weighted by Gasteiger charge is -2.11. The summed E-state index contributed by atoms with van der Waals surface area (Å²) in [5.74, 6) is -0.0419. The predicted molar refractivity (Wildman–Crippen MR) is 156 cm³/mol. The predicted octanol–water partition coefficient (Wildman–Crippen LogP) is 6.61. The first-order chi connectivity index (χ1) is 18.4. The first-order valence-corrected chi connectivity index (χ1v) is 14.4. The molecule has 13 heteroatoms. The molecule has 0 saturated heterocycles. The molecule has 2 N–H and O–H groups in total. The molecule has 0 atom stereocenters. The normalized spacial score (nSPS) is 11.0. The molecule has 2 aromatic heterocycles. The summed E-state index contributed by atoms with van der Waals surface area (Å²) in [5.41, 5.74) is 1.87. The van der Waals surface area contributed by atoms with E-state index >= 15 is 0 Å². The maximum atomic E-state index is 12.8. The summed E-state index contributed by atoms with van der Waals surface area (Å²) in [6.07, 6.45) is 0. The average molecular weight is 648 g/mol. The summed E-state index contributed by atoms with van der Waals surface area (Å²) in [7, 11) is 0. The van der Waals surface area contributed by atoms with Crippen molar-refractivity contribution in [3.63, 3.8) is 0 Å². The van der Waals surface area contributed by atoms with E-state index in [0.717, 1.165) is 20.4 Å². The SMILES string of the molecule is O=C(CSc1nnc(CNC(=O)c2cc(Cl)ccc2Cl)n1-c1ccc(Br)cc1)Nc1nc2ccccc2s1. The number of hydrogen-bond acceptors (Lipinski definition) is 7. The average Bonchev–Trinajstić information content (AvgIpc) is 3.51. The highest BCUT2D eigenvalue weighted by Crippen LogP contribution is 2.27. The van der Waals surface area contributed by atoms with Crippen molar-refractivity contribution in [3.8, 4) is 5.69 Å². The zero-order valence-corrected chi connectivity index (χ0v) is 24.1. The number of para-hydroxylation sites is 1. The molecule has 192 valence electrons. The van der Waals surface area contributed by atoms with Gasteiger partial charge < -0.3 is 10.6 Å². The third-order valence-corrected chi connectivity index (χ3v) is 8.21. The Hall–Kier alpha value is -2.96. The molecule has 0 saturated carbocycles. The van der Waals surface area contributed by atoms with Crippen LogP contribution in [-0.4, -0.2) is 37.3 Å². The molecule has 5 rings (SSSR count). The molecule has 0 spiro atoms. The van der Waals surface area contributed by atoms with E-state index in [0.29, 0.717) is 21.1 Å². The number of rotatable bonds is 8. The number of halogens is 3. The second-order valence-electron chi connectivity index (χ2n) is 7.84. The number of aromatic nitrogens is 4. The zero-order valence-electron chi connectivity index (χ0n) is 19.3. The highest BCUT2D eigenvalue weighted by atomic mass is 79.9. The van der Waals surface area contributed by atoms with Crippen molar-refractivity contribution in [3.05, 3.63) is 92.6 Å². The summed E-state index contributed by atoms with van der Waals surface area (Å²) in [6.45, 7) is 0.0726. The number of fused-ring (bicyclic) bond motifs is 1. The van der Waals surface area contributed by atoms with Gasteiger partial charge in [-0.15, -0.1) is 10.2 Å². The number of carbonyl (C=O) groups is 2. The van der Waals surface area contributed by atoms with E-state index in [1.54, 1.807) is 16.7 Å². The highest BCUT2D eigenvalue weighted by Gasteiger charge is 2.18. The molecule has 0 fully saturated rings. The van der Waals surface area contributed by atoms with E-state index in [1.165, 1.54) is 29.2 Å². The lowest BCUT2D eigenvalue weighted by molar-refractivity contribution is -0.113. The number of carbonyl (C=O) groups excluding carboxylic acids is 2. The van der Waals surface area contributed by atoms with E-state index in [-0.39, 0.29) is 28.8 Å². The maximum absolute atomic E-state index is 12.8. The van der Waals surface area contributed by atoms with Gasteiger partial charge in [0.1, 0.15) is 0 Å². The third-order valence-electron chi connectivity index (χ3n) is 5.24. The van der Waals surface area contributed by atoms with Crippen molar-refractivity contribution >= 4 is 89.4 Å². The molecule has 5 aromatic rings. The second kappa shape index (κ2) is 11.8. The Labute approximate surface area is 243 Å². The van der Waals surface area contributed by atoms with Gasteiger partial charge in [-0.05, 0) is 54.6 Å². The molecule has 0 bridgehead atoms. The molecule has 2 heterocycles. The summed E-state index contributed by atoms with van der Waals surface area (Å²) >= 11 is 18.3. The standard InChI is InChI=1S/C25H17BrCl2N6O2S2/c26-14-5-8-16(9-6-14)34-21(12-29-23(36)17-11-15(27)7-10-18(17)28)32-33-25(34)37-13-22(35)31-24-30-19-3-1-2-4-20(19)38-24/h1-11H,12-13H2,(H,29,36)(H,30,31,35). The van der Waals surface area contributed by atoms with Gasteiger partial charge in [-0.25, -0.2) is 4.98 Å². The van der Waals surface area contributed by atoms with Gasteiger partial charge in [-0.2, -0.15) is 0 Å². The smallest absolute Gasteiger partial charge is 0.253 e. The van der Waals surface area contributed by atoms with Gasteiger partial charge in [-0.1, -0.05) is 74.4 Å². The number of hydrogen-bond donors (Lipinski definition) is 2. The van der Waals surface area contributed by atoms with Gasteiger partial charge in [0.15, 0.2) is 16.1 Å². The number of nitrogens with one attached hydrogen (secondary N) is 2. The Morgan fingerprint density at radius 3 is 2.61 bits per heavy atom. The summed E-state index contributed by atoms with van der Waals surface area (Å²) in [4.78, 5) is 29.9. The van der Waals surface area contributed by atoms with Crippen LogP contribution in [0.15, 0.2) is 76.4 Å². The van der Waals surface area contributed by atoms with Gasteiger partial charge in [0.2, 0.25) is 5.91 Å². The minimum absolute atomic E-state index is 0.0726. The number of amides is 2. The lowest BCUT2D eigenvalue weighted by Crippen LogP contribution is -2.25. The fourth-order valence-electron chi connectivity index (χ4n) is 3.49. The van der Waals surface area contributed by atoms with Crippen LogP contribution in [0, 0.1) is 0 Å². The molecule has 0 radical (unpaired) electrons. The number of thioether (sulfide) groups is 1. The van der Waals surface area contributed by atoms with Crippen LogP contribution in [0.4, 0.5) is 5.13 Å². The van der Waals surface area contributed by atoms with Crippen LogP contribution < -0.4 is 10.6 Å². The topological polar surface area (TPSA) is 102 Å². The van der Waals surface area contributed by atoms with E-state index in [4.69, 9.17) is 23.2 Å². The van der Waals surface area contributed by atoms with Crippen molar-refractivity contribution in [1.29, 1.82) is 0 Å². The molecule has 3 aromatic carbocycles. The van der Waals surface area contributed by atoms with Crippen molar-refractivity contribution in [2.75, 3.05) is 11.1 Å². The van der Waals surface area contributed by atoms with Crippen LogP contribution in [0.3, 0.4) is 0 Å². The maximum Gasteiger partial charge on any atom is 0.253 e. The van der Waals surface area contributed by atoms with Gasteiger partial charge in [0, 0.05) is 15.2 Å². The fraction of sp³-hybridized carbons (Fsp3) is 0.0800. The Balaban J connectivity index is 1.32. The van der Waals surface area contributed by atoms with E-state index in [1.807, 2.05) is 48.5 Å². The van der Waals surface area contributed by atoms with Crippen LogP contribution in [0.5, 0.6) is 0 Å². The largest absolute Gasteiger partial charge is 0.345 e. The van der Waals surface area contributed by atoms with Crippen molar-refractivity contribution in [2.45, 2.75) is 11.7 Å². The van der Waals surface area contributed by atoms with Crippen molar-refractivity contribution < 1.29 is 9.59 Å². The second-order valence-corrected chi connectivity index (χ2v) is 11.6. The van der Waals surface area contributed by atoms with Gasteiger partial charge >= 0.3 is 0 Å². The van der Waals surface area contributed by atoms with Crippen molar-refractivity contribution in [2.24, 2.45) is 0 Å². The molecule has 2 amide bonds. The molecule has 0 aliphatic carbocycles. The first-order valence-electron chi connectivity index (χ1n) is 11.1. The summed E-state index contributed by atoms with van der Waals surface area (Å²) < 4.78 is 3.70. The molecule has 38 heavy (non-hydrogen) atoms. The zero-order chi connectivity index (χ0) is 26.6. The number of benzene rings is 3. The van der Waals surface area contributed by atoms with E-state index in [2.05, 4.69) is 41.7 Å². The van der Waals surface area contributed by atoms with Gasteiger partial charge in [0.05, 0.1) is 33.1 Å². The first kappa shape index (κ1) is 26.6. The van der Waals surface area contributed by atoms with Crippen molar-refractivity contribution in [1.82, 2.24) is 25.1 Å². The molecule has 0 unspecified atom stereocenters. The number of anilines is 1. The molecular formula is C25H17BrCl2N6O2S2. The fourth-order valence-corrected chi connectivity index (χ4v) is 5.79. The lowest BCUT2D eigenvalue weighted by atomic mass is 10.2. The van der Waals surface area contributed by atoms with Crippen LogP contribution in [0.1, 0.15) is 16.2 Å². The van der Waals surface area contributed by atoms with Crippen LogP contribution in [-0.2, 0) is 11.3 Å². The monoisotopic (exact) mass is 646 g/mol. The highest BCUT2D eigenvalue weighted by molar-refractivity contribution is 9.10. The van der Waals surface area contributed by atoms with E-state index in [9.17, 15) is 9.59 Å². The van der Waals surface area contributed by atoms with E-state index < -0.39 is 5.91 Å². The Kier molecular flexibility index (Phi) is 8.29. The molecule has 0 aliphatic rings. The quantitative estimate of drug-likeness (QED) is 0.184. The number of nitrogens with zero attached hydrogens (tertiary/aromatic N) is 4. The molecule has 8 nitrogen and oxygen atoms in total. The van der Waals surface area contributed by atoms with Gasteiger partial charge in [0.25, 0.3) is 5.91 Å². The third kappa shape index (κ3) is 6.19. The minimum Gasteiger partial charge on any atom is -0.345 e. The Bertz CT molecular complexity index is 1610. The molecule has 0 aliphatic heterocycles. The number of thiazole rings is 1. The Morgan fingerprint density at radius 2 is 1.82 bits per heavy atom. The van der Waals surface area contributed by atoms with Crippen LogP contribution in [0.2, 0.25) is 10.0 Å². The molecular weight excluding hydrogens is 631 g/mol. The Morgan fingerprint density at radius 1 is 1.03 bits per heavy atom. The summed E-state index contributed by atoms with van der Waals surface area (Å²) in [5, 5.41) is 16.0.